The van der Waals surface area contributed by atoms with Crippen LogP contribution >= 0.6 is 0 Å². The number of nitrogens with one attached hydrogen (secondary N) is 1. The van der Waals surface area contributed by atoms with Gasteiger partial charge in [0.15, 0.2) is 0 Å². The lowest BCUT2D eigenvalue weighted by molar-refractivity contribution is 0.282. The fourth-order valence-electron chi connectivity index (χ4n) is 3.37. The lowest BCUT2D eigenvalue weighted by Crippen LogP contribution is -2.39. The summed E-state index contributed by atoms with van der Waals surface area (Å²) in [6.07, 6.45) is 14.2. The van der Waals surface area contributed by atoms with Gasteiger partial charge >= 0.3 is 0 Å². The Hall–Kier alpha value is -0.890. The summed E-state index contributed by atoms with van der Waals surface area (Å²) in [4.78, 5) is 4.52. The molecular weight excluding hydrogens is 244 g/mol. The van der Waals surface area contributed by atoms with Crippen molar-refractivity contribution < 1.29 is 0 Å². The third-order valence-electron chi connectivity index (χ3n) is 4.53. The second-order valence-electron chi connectivity index (χ2n) is 6.19. The summed E-state index contributed by atoms with van der Waals surface area (Å²) in [7, 11) is 0. The third kappa shape index (κ3) is 5.24. The molecule has 0 radical (unpaired) electrons. The molecule has 1 unspecified atom stereocenters. The second kappa shape index (κ2) is 9.12. The van der Waals surface area contributed by atoms with Crippen molar-refractivity contribution >= 4 is 0 Å². The topological polar surface area (TPSA) is 24.9 Å². The normalized spacial score (nSPS) is 19.2. The Balaban J connectivity index is 1.97. The van der Waals surface area contributed by atoms with Crippen molar-refractivity contribution in [2.45, 2.75) is 70.8 Å². The molecular formula is C18H30N2. The molecule has 1 aliphatic rings. The number of nitrogens with zero attached hydrogens (tertiary/aromatic N) is 1. The molecule has 20 heavy (non-hydrogen) atoms. The Kier molecular flexibility index (Phi) is 7.07. The SMILES string of the molecule is CCCNC(Cc1ccccn1)C1CCCCCCC1. The van der Waals surface area contributed by atoms with E-state index < -0.39 is 0 Å². The number of hydrogen-bond acceptors (Lipinski definition) is 2. The van der Waals surface area contributed by atoms with E-state index in [1.165, 1.54) is 57.1 Å². The summed E-state index contributed by atoms with van der Waals surface area (Å²) < 4.78 is 0. The molecule has 0 saturated heterocycles. The van der Waals surface area contributed by atoms with Gasteiger partial charge in [0.05, 0.1) is 0 Å². The molecule has 0 spiro atoms. The van der Waals surface area contributed by atoms with E-state index in [2.05, 4.69) is 29.4 Å². The van der Waals surface area contributed by atoms with Gasteiger partial charge in [-0.3, -0.25) is 4.98 Å². The summed E-state index contributed by atoms with van der Waals surface area (Å²) in [6, 6.07) is 6.90. The minimum Gasteiger partial charge on any atom is -0.313 e. The van der Waals surface area contributed by atoms with Crippen LogP contribution in [0.3, 0.4) is 0 Å². The van der Waals surface area contributed by atoms with Gasteiger partial charge in [0.25, 0.3) is 0 Å². The van der Waals surface area contributed by atoms with Gasteiger partial charge < -0.3 is 5.32 Å². The highest BCUT2D eigenvalue weighted by molar-refractivity contribution is 5.06. The van der Waals surface area contributed by atoms with Crippen LogP contribution in [-0.2, 0) is 6.42 Å². The standard InChI is InChI=1S/C18H30N2/c1-2-13-20-18(15-17-12-8-9-14-19-17)16-10-6-4-3-5-7-11-16/h8-9,12,14,16,18,20H,2-7,10-11,13,15H2,1H3. The lowest BCUT2D eigenvalue weighted by atomic mass is 9.84. The maximum Gasteiger partial charge on any atom is 0.0419 e. The minimum atomic E-state index is 0.614. The van der Waals surface area contributed by atoms with E-state index >= 15 is 0 Å². The van der Waals surface area contributed by atoms with E-state index in [4.69, 9.17) is 0 Å². The molecule has 0 aliphatic heterocycles. The van der Waals surface area contributed by atoms with Crippen molar-refractivity contribution in [1.82, 2.24) is 10.3 Å². The van der Waals surface area contributed by atoms with Gasteiger partial charge in [-0.05, 0) is 43.9 Å². The smallest absolute Gasteiger partial charge is 0.0419 e. The van der Waals surface area contributed by atoms with Crippen LogP contribution in [0, 0.1) is 5.92 Å². The fraction of sp³-hybridized carbons (Fsp3) is 0.722. The molecule has 0 aromatic carbocycles. The number of aromatic nitrogens is 1. The molecule has 1 saturated carbocycles. The molecule has 112 valence electrons. The molecule has 2 nitrogen and oxygen atoms in total. The molecule has 0 bridgehead atoms. The van der Waals surface area contributed by atoms with Crippen LogP contribution < -0.4 is 5.32 Å². The number of hydrogen-bond donors (Lipinski definition) is 1. The van der Waals surface area contributed by atoms with Crippen LogP contribution in [0.2, 0.25) is 0 Å². The molecule has 1 heterocycles. The first-order valence-corrected chi connectivity index (χ1v) is 8.53. The van der Waals surface area contributed by atoms with Crippen molar-refractivity contribution in [3.8, 4) is 0 Å². The van der Waals surface area contributed by atoms with Crippen molar-refractivity contribution in [2.75, 3.05) is 6.54 Å². The van der Waals surface area contributed by atoms with E-state index in [9.17, 15) is 0 Å². The highest BCUT2D eigenvalue weighted by Gasteiger charge is 2.22. The summed E-state index contributed by atoms with van der Waals surface area (Å²) in [5.74, 6) is 0.837. The molecule has 1 aromatic rings. The maximum absolute atomic E-state index is 4.52. The first-order chi connectivity index (χ1) is 9.90. The minimum absolute atomic E-state index is 0.614. The van der Waals surface area contributed by atoms with E-state index in [0.717, 1.165) is 18.9 Å². The molecule has 2 heteroatoms. The predicted octanol–water partition coefficient (Wildman–Crippen LogP) is 4.35. The van der Waals surface area contributed by atoms with Gasteiger partial charge in [-0.25, -0.2) is 0 Å². The second-order valence-corrected chi connectivity index (χ2v) is 6.19. The van der Waals surface area contributed by atoms with E-state index in [0.29, 0.717) is 6.04 Å². The number of pyridine rings is 1. The quantitative estimate of drug-likeness (QED) is 0.834. The molecule has 1 aliphatic carbocycles. The van der Waals surface area contributed by atoms with Gasteiger partial charge in [0.2, 0.25) is 0 Å². The summed E-state index contributed by atoms with van der Waals surface area (Å²) in [5, 5.41) is 3.80. The molecule has 1 N–H and O–H groups in total. The Bertz CT molecular complexity index is 342. The lowest BCUT2D eigenvalue weighted by Gasteiger charge is -2.29. The van der Waals surface area contributed by atoms with Crippen LogP contribution in [0.25, 0.3) is 0 Å². The highest BCUT2D eigenvalue weighted by Crippen LogP contribution is 2.26. The Morgan fingerprint density at radius 1 is 1.15 bits per heavy atom. The Labute approximate surface area is 124 Å². The third-order valence-corrected chi connectivity index (χ3v) is 4.53. The van der Waals surface area contributed by atoms with Gasteiger partial charge in [-0.1, -0.05) is 45.1 Å². The van der Waals surface area contributed by atoms with Crippen LogP contribution in [0.1, 0.15) is 64.0 Å². The monoisotopic (exact) mass is 274 g/mol. The van der Waals surface area contributed by atoms with Crippen molar-refractivity contribution in [3.05, 3.63) is 30.1 Å². The summed E-state index contributed by atoms with van der Waals surface area (Å²) >= 11 is 0. The van der Waals surface area contributed by atoms with E-state index in [1.807, 2.05) is 12.3 Å². The molecule has 2 rings (SSSR count). The van der Waals surface area contributed by atoms with Gasteiger partial charge in [-0.15, -0.1) is 0 Å². The first-order valence-electron chi connectivity index (χ1n) is 8.53. The van der Waals surface area contributed by atoms with Crippen LogP contribution in [0.4, 0.5) is 0 Å². The largest absolute Gasteiger partial charge is 0.313 e. The molecule has 1 atom stereocenters. The zero-order chi connectivity index (χ0) is 14.0. The predicted molar refractivity (Wildman–Crippen MR) is 85.8 cm³/mol. The first kappa shape index (κ1) is 15.5. The van der Waals surface area contributed by atoms with E-state index in [1.54, 1.807) is 0 Å². The Morgan fingerprint density at radius 3 is 2.55 bits per heavy atom. The van der Waals surface area contributed by atoms with Gasteiger partial charge in [0.1, 0.15) is 0 Å². The summed E-state index contributed by atoms with van der Waals surface area (Å²) in [5.41, 5.74) is 1.24. The van der Waals surface area contributed by atoms with Crippen molar-refractivity contribution in [3.63, 3.8) is 0 Å². The molecule has 1 aromatic heterocycles. The molecule has 1 fully saturated rings. The zero-order valence-electron chi connectivity index (χ0n) is 13.0. The average molecular weight is 274 g/mol. The van der Waals surface area contributed by atoms with Crippen LogP contribution in [-0.4, -0.2) is 17.6 Å². The van der Waals surface area contributed by atoms with Crippen molar-refractivity contribution in [1.29, 1.82) is 0 Å². The number of rotatable bonds is 6. The summed E-state index contributed by atoms with van der Waals surface area (Å²) in [6.45, 7) is 3.39. The fourth-order valence-corrected chi connectivity index (χ4v) is 3.37. The highest BCUT2D eigenvalue weighted by atomic mass is 14.9. The van der Waals surface area contributed by atoms with Crippen LogP contribution in [0.15, 0.2) is 24.4 Å². The average Bonchev–Trinajstić information content (AvgIpc) is 2.45. The van der Waals surface area contributed by atoms with E-state index in [-0.39, 0.29) is 0 Å². The zero-order valence-corrected chi connectivity index (χ0v) is 13.0. The van der Waals surface area contributed by atoms with Crippen molar-refractivity contribution in [2.24, 2.45) is 5.92 Å². The van der Waals surface area contributed by atoms with Gasteiger partial charge in [-0.2, -0.15) is 0 Å². The van der Waals surface area contributed by atoms with Crippen LogP contribution in [0.5, 0.6) is 0 Å². The Morgan fingerprint density at radius 2 is 1.90 bits per heavy atom. The molecule has 0 amide bonds. The van der Waals surface area contributed by atoms with Gasteiger partial charge in [0, 0.05) is 24.4 Å². The maximum atomic E-state index is 4.52.